The summed E-state index contributed by atoms with van der Waals surface area (Å²) in [5, 5.41) is 2.82. The molecule has 2 aliphatic rings. The highest BCUT2D eigenvalue weighted by molar-refractivity contribution is 6.22. The zero-order valence-electron chi connectivity index (χ0n) is 12.9. The van der Waals surface area contributed by atoms with Crippen molar-refractivity contribution in [3.63, 3.8) is 0 Å². The van der Waals surface area contributed by atoms with Gasteiger partial charge >= 0.3 is 0 Å². The third kappa shape index (κ3) is 2.47. The van der Waals surface area contributed by atoms with Crippen LogP contribution in [0, 0.1) is 0 Å². The van der Waals surface area contributed by atoms with Crippen LogP contribution in [0.4, 0.5) is 0 Å². The van der Waals surface area contributed by atoms with E-state index in [-0.39, 0.29) is 0 Å². The first kappa shape index (κ1) is 13.9. The zero-order chi connectivity index (χ0) is 14.7. The van der Waals surface area contributed by atoms with Gasteiger partial charge in [0.2, 0.25) is 0 Å². The molecule has 2 aromatic rings. The number of fused-ring (bicyclic) bond motifs is 3. The Balaban J connectivity index is 0.000000233. The molecule has 0 fully saturated rings. The average Bonchev–Trinajstić information content (AvgIpc) is 2.86. The smallest absolute Gasteiger partial charge is 0.00266 e. The highest BCUT2D eigenvalue weighted by Crippen LogP contribution is 2.47. The normalized spacial score (nSPS) is 15.3. The first-order chi connectivity index (χ1) is 10.4. The lowest BCUT2D eigenvalue weighted by Gasteiger charge is -2.08. The molecule has 0 heterocycles. The fourth-order valence-corrected chi connectivity index (χ4v) is 3.21. The van der Waals surface area contributed by atoms with Crippen molar-refractivity contribution in [2.45, 2.75) is 33.1 Å². The van der Waals surface area contributed by atoms with Crippen LogP contribution in [0.5, 0.6) is 0 Å². The van der Waals surface area contributed by atoms with E-state index in [2.05, 4.69) is 67.6 Å². The molecule has 4 rings (SSSR count). The third-order valence-electron chi connectivity index (χ3n) is 4.11. The summed E-state index contributed by atoms with van der Waals surface area (Å²) in [6, 6.07) is 13.3. The lowest BCUT2D eigenvalue weighted by molar-refractivity contribution is 1.05. The molecule has 0 bridgehead atoms. The maximum Gasteiger partial charge on any atom is -0.00266 e. The minimum absolute atomic E-state index is 1.16. The number of allylic oxidation sites excluding steroid dienone is 6. The molecule has 0 saturated heterocycles. The van der Waals surface area contributed by atoms with Crippen molar-refractivity contribution in [2.75, 3.05) is 0 Å². The fourth-order valence-electron chi connectivity index (χ4n) is 3.21. The molecule has 0 atom stereocenters. The Bertz CT molecular complexity index is 687. The van der Waals surface area contributed by atoms with Crippen molar-refractivity contribution in [1.29, 1.82) is 0 Å². The first-order valence-electron chi connectivity index (χ1n) is 7.91. The molecule has 0 amide bonds. The highest BCUT2D eigenvalue weighted by Gasteiger charge is 2.24. The lowest BCUT2D eigenvalue weighted by atomic mass is 9.96. The van der Waals surface area contributed by atoms with Crippen molar-refractivity contribution in [2.24, 2.45) is 0 Å². The highest BCUT2D eigenvalue weighted by atomic mass is 14.3. The zero-order valence-corrected chi connectivity index (χ0v) is 12.9. The van der Waals surface area contributed by atoms with Crippen molar-refractivity contribution in [3.8, 4) is 0 Å². The Kier molecular flexibility index (Phi) is 4.06. The van der Waals surface area contributed by atoms with Crippen molar-refractivity contribution in [1.82, 2.24) is 0 Å². The molecule has 2 aromatic carbocycles. The summed E-state index contributed by atoms with van der Waals surface area (Å²) >= 11 is 0. The minimum Gasteiger partial charge on any atom is -0.0917 e. The number of hydrogen-bond donors (Lipinski definition) is 0. The van der Waals surface area contributed by atoms with Gasteiger partial charge in [0.05, 0.1) is 0 Å². The Morgan fingerprint density at radius 3 is 1.90 bits per heavy atom. The number of rotatable bonds is 1. The second-order valence-corrected chi connectivity index (χ2v) is 5.50. The van der Waals surface area contributed by atoms with Gasteiger partial charge in [0.25, 0.3) is 0 Å². The van der Waals surface area contributed by atoms with Crippen LogP contribution < -0.4 is 0 Å². The van der Waals surface area contributed by atoms with Crippen LogP contribution in [0.25, 0.3) is 21.9 Å². The lowest BCUT2D eigenvalue weighted by Crippen LogP contribution is -1.86. The van der Waals surface area contributed by atoms with Crippen LogP contribution in [0.15, 0.2) is 60.7 Å². The van der Waals surface area contributed by atoms with Gasteiger partial charge < -0.3 is 0 Å². The number of hydrogen-bond acceptors (Lipinski definition) is 0. The molecule has 106 valence electrons. The van der Waals surface area contributed by atoms with Gasteiger partial charge in [-0.1, -0.05) is 67.6 Å². The fraction of sp³-hybridized carbons (Fsp3) is 0.238. The topological polar surface area (TPSA) is 0 Å². The minimum atomic E-state index is 1.16. The van der Waals surface area contributed by atoms with E-state index in [0.717, 1.165) is 6.42 Å². The van der Waals surface area contributed by atoms with Gasteiger partial charge in [0.15, 0.2) is 0 Å². The molecule has 0 spiro atoms. The van der Waals surface area contributed by atoms with Gasteiger partial charge in [0, 0.05) is 0 Å². The van der Waals surface area contributed by atoms with Crippen LogP contribution in [0.1, 0.15) is 44.2 Å². The summed E-state index contributed by atoms with van der Waals surface area (Å²) in [5.41, 5.74) is 5.77. The second kappa shape index (κ2) is 6.13. The van der Waals surface area contributed by atoms with Crippen LogP contribution >= 0.6 is 0 Å². The molecule has 0 radical (unpaired) electrons. The van der Waals surface area contributed by atoms with E-state index in [1.54, 1.807) is 0 Å². The monoisotopic (exact) mass is 274 g/mol. The first-order valence-corrected chi connectivity index (χ1v) is 7.91. The van der Waals surface area contributed by atoms with Gasteiger partial charge in [-0.3, -0.25) is 0 Å². The Labute approximate surface area is 127 Å². The van der Waals surface area contributed by atoms with Crippen LogP contribution in [0.3, 0.4) is 0 Å². The molecule has 0 aliphatic heterocycles. The largest absolute Gasteiger partial charge is 0.0917 e. The molecule has 2 aliphatic carbocycles. The molecule has 21 heavy (non-hydrogen) atoms. The summed E-state index contributed by atoms with van der Waals surface area (Å²) < 4.78 is 0. The predicted molar refractivity (Wildman–Crippen MR) is 94.2 cm³/mol. The van der Waals surface area contributed by atoms with Gasteiger partial charge in [-0.2, -0.15) is 0 Å². The molecule has 0 nitrogen and oxygen atoms in total. The summed E-state index contributed by atoms with van der Waals surface area (Å²) in [7, 11) is 0. The van der Waals surface area contributed by atoms with Crippen molar-refractivity contribution < 1.29 is 0 Å². The summed E-state index contributed by atoms with van der Waals surface area (Å²) in [6.45, 7) is 4.16. The Hall–Kier alpha value is -2.08. The van der Waals surface area contributed by atoms with E-state index in [4.69, 9.17) is 0 Å². The van der Waals surface area contributed by atoms with Crippen LogP contribution in [-0.4, -0.2) is 0 Å². The maximum atomic E-state index is 2.39. The molecule has 0 N–H and O–H groups in total. The van der Waals surface area contributed by atoms with Crippen LogP contribution in [-0.2, 0) is 0 Å². The standard InChI is InChI=1S/C16H12.C5H10/c1-2-8-13-12(7-1)14-9-3-5-11-6-4-10-15(13)16(11)14;1-3-5-4-2/h3-10H,1-2H2;3,5H,4H2,1-2H3. The molecule has 0 aromatic heterocycles. The van der Waals surface area contributed by atoms with E-state index >= 15 is 0 Å². The van der Waals surface area contributed by atoms with Crippen molar-refractivity contribution in [3.05, 3.63) is 71.8 Å². The van der Waals surface area contributed by atoms with E-state index in [9.17, 15) is 0 Å². The molecule has 0 saturated carbocycles. The van der Waals surface area contributed by atoms with Crippen LogP contribution in [0.2, 0.25) is 0 Å². The third-order valence-corrected chi connectivity index (χ3v) is 4.11. The quantitative estimate of drug-likeness (QED) is 0.529. The molecular weight excluding hydrogens is 252 g/mol. The van der Waals surface area contributed by atoms with Gasteiger partial charge in [-0.25, -0.2) is 0 Å². The molecule has 0 heteroatoms. The van der Waals surface area contributed by atoms with E-state index < -0.39 is 0 Å². The SMILES string of the molecule is C1=C2C(=CCC1)c1cccc3cccc2c13.CC=CCC. The Morgan fingerprint density at radius 2 is 1.48 bits per heavy atom. The van der Waals surface area contributed by atoms with E-state index in [0.29, 0.717) is 0 Å². The predicted octanol–water partition coefficient (Wildman–Crippen LogP) is 6.39. The van der Waals surface area contributed by atoms with E-state index in [1.165, 1.54) is 45.9 Å². The van der Waals surface area contributed by atoms with Gasteiger partial charge in [-0.15, -0.1) is 0 Å². The average molecular weight is 274 g/mol. The number of benzene rings is 2. The second-order valence-electron chi connectivity index (χ2n) is 5.50. The Morgan fingerprint density at radius 1 is 0.905 bits per heavy atom. The summed E-state index contributed by atoms with van der Waals surface area (Å²) in [6.07, 6.45) is 12.5. The summed E-state index contributed by atoms with van der Waals surface area (Å²) in [5.74, 6) is 0. The maximum absolute atomic E-state index is 2.39. The van der Waals surface area contributed by atoms with Crippen molar-refractivity contribution >= 4 is 21.9 Å². The van der Waals surface area contributed by atoms with Gasteiger partial charge in [-0.05, 0) is 59.2 Å². The van der Waals surface area contributed by atoms with E-state index in [1.807, 2.05) is 6.92 Å². The molecular formula is C21H22. The summed E-state index contributed by atoms with van der Waals surface area (Å²) in [4.78, 5) is 0. The molecule has 0 unspecified atom stereocenters. The van der Waals surface area contributed by atoms with Gasteiger partial charge in [0.1, 0.15) is 0 Å².